The lowest BCUT2D eigenvalue weighted by Crippen LogP contribution is -2.37. The van der Waals surface area contributed by atoms with E-state index in [9.17, 15) is 0 Å². The summed E-state index contributed by atoms with van der Waals surface area (Å²) in [6, 6.07) is 4.04. The number of ether oxygens (including phenoxy) is 4. The molecular formula is C15H23NO4S. The molecule has 5 nitrogen and oxygen atoms in total. The van der Waals surface area contributed by atoms with Crippen LogP contribution >= 0.6 is 11.8 Å². The first-order valence-corrected chi connectivity index (χ1v) is 8.20. The van der Waals surface area contributed by atoms with E-state index in [0.29, 0.717) is 19.8 Å². The molecule has 118 valence electrons. The molecule has 2 rings (SSSR count). The van der Waals surface area contributed by atoms with Gasteiger partial charge in [0.2, 0.25) is 0 Å². The average molecular weight is 313 g/mol. The third-order valence-corrected chi connectivity index (χ3v) is 4.18. The van der Waals surface area contributed by atoms with E-state index < -0.39 is 0 Å². The molecule has 1 aliphatic rings. The number of benzene rings is 1. The van der Waals surface area contributed by atoms with Crippen LogP contribution in [0.5, 0.6) is 11.5 Å². The number of methoxy groups -OCH3 is 2. The van der Waals surface area contributed by atoms with Gasteiger partial charge in [-0.2, -0.15) is 0 Å². The second-order valence-electron chi connectivity index (χ2n) is 4.72. The van der Waals surface area contributed by atoms with Crippen molar-refractivity contribution in [3.63, 3.8) is 0 Å². The molecule has 0 saturated carbocycles. The molecule has 1 aromatic rings. The molecule has 1 saturated heterocycles. The highest BCUT2D eigenvalue weighted by Crippen LogP contribution is 2.34. The second-order valence-corrected chi connectivity index (χ2v) is 5.57. The van der Waals surface area contributed by atoms with Gasteiger partial charge in [0, 0.05) is 18.0 Å². The Balaban J connectivity index is 1.97. The molecule has 6 heteroatoms. The minimum Gasteiger partial charge on any atom is -0.493 e. The number of hydrogen-bond donors (Lipinski definition) is 1. The van der Waals surface area contributed by atoms with E-state index in [4.69, 9.17) is 18.9 Å². The van der Waals surface area contributed by atoms with Gasteiger partial charge in [0.05, 0.1) is 40.1 Å². The van der Waals surface area contributed by atoms with Gasteiger partial charge in [-0.1, -0.05) is 0 Å². The molecule has 1 unspecified atom stereocenters. The van der Waals surface area contributed by atoms with Crippen molar-refractivity contribution >= 4 is 11.8 Å². The minimum atomic E-state index is 0.136. The first-order chi connectivity index (χ1) is 10.3. The van der Waals surface area contributed by atoms with Gasteiger partial charge in [-0.3, -0.25) is 0 Å². The Labute approximate surface area is 130 Å². The largest absolute Gasteiger partial charge is 0.493 e. The van der Waals surface area contributed by atoms with E-state index >= 15 is 0 Å². The molecule has 0 spiro atoms. The number of nitrogens with one attached hydrogen (secondary N) is 1. The molecule has 0 bridgehead atoms. The minimum absolute atomic E-state index is 0.136. The molecule has 0 amide bonds. The van der Waals surface area contributed by atoms with Gasteiger partial charge in [-0.05, 0) is 24.0 Å². The van der Waals surface area contributed by atoms with E-state index in [1.54, 1.807) is 26.0 Å². The van der Waals surface area contributed by atoms with E-state index in [0.717, 1.165) is 24.6 Å². The highest BCUT2D eigenvalue weighted by molar-refractivity contribution is 7.98. The summed E-state index contributed by atoms with van der Waals surface area (Å²) < 4.78 is 21.7. The summed E-state index contributed by atoms with van der Waals surface area (Å²) in [5.74, 6) is 1.51. The smallest absolute Gasteiger partial charge is 0.161 e. The molecular weight excluding hydrogens is 290 g/mol. The molecule has 1 N–H and O–H groups in total. The van der Waals surface area contributed by atoms with Gasteiger partial charge in [-0.15, -0.1) is 11.8 Å². The fraction of sp³-hybridized carbons (Fsp3) is 0.600. The predicted molar refractivity (Wildman–Crippen MR) is 83.6 cm³/mol. The maximum Gasteiger partial charge on any atom is 0.161 e. The summed E-state index contributed by atoms with van der Waals surface area (Å²) in [5, 5.41) is 3.42. The zero-order valence-electron chi connectivity index (χ0n) is 12.8. The van der Waals surface area contributed by atoms with Gasteiger partial charge in [-0.25, -0.2) is 0 Å². The van der Waals surface area contributed by atoms with E-state index in [1.165, 1.54) is 10.5 Å². The zero-order valence-corrected chi connectivity index (χ0v) is 13.6. The molecule has 21 heavy (non-hydrogen) atoms. The molecule has 0 aromatic heterocycles. The van der Waals surface area contributed by atoms with E-state index in [1.807, 2.05) is 12.1 Å². The van der Waals surface area contributed by atoms with Crippen LogP contribution in [0.1, 0.15) is 5.56 Å². The first kappa shape index (κ1) is 16.4. The van der Waals surface area contributed by atoms with Gasteiger partial charge in [0.15, 0.2) is 11.5 Å². The normalized spacial score (nSPS) is 18.5. The maximum absolute atomic E-state index is 5.62. The van der Waals surface area contributed by atoms with Gasteiger partial charge >= 0.3 is 0 Å². The molecule has 0 radical (unpaired) electrons. The Hall–Kier alpha value is -0.950. The fourth-order valence-electron chi connectivity index (χ4n) is 2.25. The zero-order chi connectivity index (χ0) is 15.1. The molecule has 1 aromatic carbocycles. The lowest BCUT2D eigenvalue weighted by atomic mass is 10.2. The van der Waals surface area contributed by atoms with E-state index in [-0.39, 0.29) is 6.10 Å². The number of thioether (sulfide) groups is 1. The van der Waals surface area contributed by atoms with Crippen LogP contribution in [0, 0.1) is 0 Å². The average Bonchev–Trinajstić information content (AvgIpc) is 2.55. The Morgan fingerprint density at radius 3 is 2.62 bits per heavy atom. The van der Waals surface area contributed by atoms with Crippen molar-refractivity contribution in [2.75, 3.05) is 46.8 Å². The predicted octanol–water partition coefficient (Wildman–Crippen LogP) is 1.93. The van der Waals surface area contributed by atoms with Crippen LogP contribution in [-0.4, -0.2) is 52.9 Å². The molecule has 1 atom stereocenters. The van der Waals surface area contributed by atoms with Crippen LogP contribution in [-0.2, 0) is 16.0 Å². The van der Waals surface area contributed by atoms with Crippen molar-refractivity contribution in [1.82, 2.24) is 5.32 Å². The van der Waals surface area contributed by atoms with Crippen LogP contribution in [0.25, 0.3) is 0 Å². The fourth-order valence-corrected chi connectivity index (χ4v) is 2.87. The van der Waals surface area contributed by atoms with Crippen molar-refractivity contribution in [2.45, 2.75) is 17.5 Å². The Kier molecular flexibility index (Phi) is 6.63. The topological polar surface area (TPSA) is 49.0 Å². The summed E-state index contributed by atoms with van der Waals surface area (Å²) in [7, 11) is 3.31. The summed E-state index contributed by atoms with van der Waals surface area (Å²) in [6.07, 6.45) is 2.19. The number of rotatable bonds is 7. The third kappa shape index (κ3) is 4.51. The Bertz CT molecular complexity index is 450. The molecule has 1 aliphatic heterocycles. The Morgan fingerprint density at radius 2 is 2.00 bits per heavy atom. The summed E-state index contributed by atoms with van der Waals surface area (Å²) in [6.45, 7) is 3.58. The third-order valence-electron chi connectivity index (χ3n) is 3.36. The van der Waals surface area contributed by atoms with Crippen molar-refractivity contribution in [2.24, 2.45) is 0 Å². The molecule has 1 heterocycles. The summed E-state index contributed by atoms with van der Waals surface area (Å²) in [5.41, 5.74) is 1.19. The standard InChI is InChI=1S/C15H23NO4S/c1-17-13-6-11(15(21-3)7-14(13)18-2)8-16-9-12-10-19-4-5-20-12/h6-7,12,16H,4-5,8-10H2,1-3H3. The quantitative estimate of drug-likeness (QED) is 0.776. The number of hydrogen-bond acceptors (Lipinski definition) is 6. The van der Waals surface area contributed by atoms with Crippen molar-refractivity contribution in [1.29, 1.82) is 0 Å². The molecule has 0 aliphatic carbocycles. The lowest BCUT2D eigenvalue weighted by molar-refractivity contribution is -0.0864. The van der Waals surface area contributed by atoms with Crippen LogP contribution < -0.4 is 14.8 Å². The van der Waals surface area contributed by atoms with Crippen LogP contribution in [0.2, 0.25) is 0 Å². The van der Waals surface area contributed by atoms with Crippen molar-refractivity contribution in [3.8, 4) is 11.5 Å². The van der Waals surface area contributed by atoms with Gasteiger partial charge in [0.1, 0.15) is 0 Å². The molecule has 1 fully saturated rings. The second kappa shape index (κ2) is 8.48. The van der Waals surface area contributed by atoms with E-state index in [2.05, 4.69) is 11.6 Å². The van der Waals surface area contributed by atoms with Crippen LogP contribution in [0.15, 0.2) is 17.0 Å². The monoisotopic (exact) mass is 313 g/mol. The highest BCUT2D eigenvalue weighted by atomic mass is 32.2. The Morgan fingerprint density at radius 1 is 1.24 bits per heavy atom. The van der Waals surface area contributed by atoms with Crippen molar-refractivity contribution < 1.29 is 18.9 Å². The van der Waals surface area contributed by atoms with Crippen molar-refractivity contribution in [3.05, 3.63) is 17.7 Å². The maximum atomic E-state index is 5.62. The highest BCUT2D eigenvalue weighted by Gasteiger charge is 2.15. The SMILES string of the molecule is COc1cc(CNCC2COCCO2)c(SC)cc1OC. The van der Waals surface area contributed by atoms with Gasteiger partial charge in [0.25, 0.3) is 0 Å². The summed E-state index contributed by atoms with van der Waals surface area (Å²) in [4.78, 5) is 1.18. The van der Waals surface area contributed by atoms with Crippen LogP contribution in [0.3, 0.4) is 0 Å². The lowest BCUT2D eigenvalue weighted by Gasteiger charge is -2.23. The van der Waals surface area contributed by atoms with Gasteiger partial charge < -0.3 is 24.3 Å². The summed E-state index contributed by atoms with van der Waals surface area (Å²) >= 11 is 1.70. The first-order valence-electron chi connectivity index (χ1n) is 6.97. The van der Waals surface area contributed by atoms with Crippen LogP contribution in [0.4, 0.5) is 0 Å².